The Kier molecular flexibility index (Phi) is 4.71. The van der Waals surface area contributed by atoms with Gasteiger partial charge in [-0.15, -0.1) is 23.3 Å². The highest BCUT2D eigenvalue weighted by molar-refractivity contribution is 5.83. The van der Waals surface area contributed by atoms with E-state index in [1.165, 1.54) is 28.9 Å². The van der Waals surface area contributed by atoms with Gasteiger partial charge < -0.3 is 9.57 Å². The lowest BCUT2D eigenvalue weighted by Crippen LogP contribution is -2.32. The molecule has 2 heterocycles. The molecule has 10 heteroatoms. The Morgan fingerprint density at radius 1 is 1.14 bits per heavy atom. The summed E-state index contributed by atoms with van der Waals surface area (Å²) in [7, 11) is 0. The minimum Gasteiger partial charge on any atom is -0.412 e. The standard InChI is InChI=1S/C19H15F3N4O3/c1-12-9-25(28-10-12)11-26-18(27)16-8-14(4-7-17(16)23-24-26)13-2-5-15(6-3-13)29-19(20,21)22/h2-8,10H,9,11H2,1H3. The normalized spacial score (nSPS) is 14.7. The fraction of sp³-hybridized carbons (Fsp3) is 0.211. The number of nitrogens with zero attached hydrogens (tertiary/aromatic N) is 4. The van der Waals surface area contributed by atoms with Crippen molar-refractivity contribution in [1.82, 2.24) is 20.1 Å². The van der Waals surface area contributed by atoms with Crippen molar-refractivity contribution in [2.45, 2.75) is 20.0 Å². The molecule has 0 radical (unpaired) electrons. The van der Waals surface area contributed by atoms with Gasteiger partial charge in [0.15, 0.2) is 0 Å². The number of hydrogen-bond acceptors (Lipinski definition) is 6. The SMILES string of the molecule is CC1=CON(Cn2nnc3ccc(-c4ccc(OC(F)(F)F)cc4)cc3c2=O)C1. The first kappa shape index (κ1) is 18.9. The molecular weight excluding hydrogens is 389 g/mol. The van der Waals surface area contributed by atoms with Crippen molar-refractivity contribution in [2.24, 2.45) is 0 Å². The lowest BCUT2D eigenvalue weighted by molar-refractivity contribution is -0.274. The van der Waals surface area contributed by atoms with E-state index in [9.17, 15) is 18.0 Å². The second kappa shape index (κ2) is 7.21. The Bertz CT molecular complexity index is 1140. The van der Waals surface area contributed by atoms with Crippen LogP contribution in [-0.2, 0) is 11.5 Å². The van der Waals surface area contributed by atoms with Crippen LogP contribution in [0.3, 0.4) is 0 Å². The molecule has 0 spiro atoms. The zero-order valence-electron chi connectivity index (χ0n) is 15.2. The molecule has 7 nitrogen and oxygen atoms in total. The predicted molar refractivity (Wildman–Crippen MR) is 97.5 cm³/mol. The zero-order valence-corrected chi connectivity index (χ0v) is 15.2. The molecule has 1 aliphatic rings. The second-order valence-electron chi connectivity index (χ2n) is 6.55. The second-order valence-corrected chi connectivity index (χ2v) is 6.55. The number of aromatic nitrogens is 3. The number of rotatable bonds is 4. The Morgan fingerprint density at radius 3 is 2.52 bits per heavy atom. The van der Waals surface area contributed by atoms with Crippen LogP contribution in [0.4, 0.5) is 13.2 Å². The highest BCUT2D eigenvalue weighted by atomic mass is 19.4. The van der Waals surface area contributed by atoms with Crippen molar-refractivity contribution in [3.63, 3.8) is 0 Å². The first-order chi connectivity index (χ1) is 13.8. The number of fused-ring (bicyclic) bond motifs is 1. The van der Waals surface area contributed by atoms with Gasteiger partial charge >= 0.3 is 6.36 Å². The van der Waals surface area contributed by atoms with Crippen molar-refractivity contribution in [1.29, 1.82) is 0 Å². The fourth-order valence-corrected chi connectivity index (χ4v) is 2.95. The highest BCUT2D eigenvalue weighted by Gasteiger charge is 2.31. The summed E-state index contributed by atoms with van der Waals surface area (Å²) in [5.41, 5.74) is 2.38. The van der Waals surface area contributed by atoms with Crippen molar-refractivity contribution < 1.29 is 22.7 Å². The van der Waals surface area contributed by atoms with Gasteiger partial charge in [-0.05, 0) is 47.9 Å². The molecule has 0 bridgehead atoms. The van der Waals surface area contributed by atoms with Crippen LogP contribution < -0.4 is 10.3 Å². The van der Waals surface area contributed by atoms with Gasteiger partial charge in [-0.3, -0.25) is 4.79 Å². The third-order valence-electron chi connectivity index (χ3n) is 4.26. The van der Waals surface area contributed by atoms with E-state index >= 15 is 0 Å². The molecule has 1 aromatic heterocycles. The van der Waals surface area contributed by atoms with Crippen LogP contribution in [0, 0.1) is 0 Å². The molecule has 2 aromatic carbocycles. The van der Waals surface area contributed by atoms with Crippen LogP contribution in [0.2, 0.25) is 0 Å². The smallest absolute Gasteiger partial charge is 0.412 e. The lowest BCUT2D eigenvalue weighted by atomic mass is 10.0. The minimum absolute atomic E-state index is 0.114. The van der Waals surface area contributed by atoms with Gasteiger partial charge in [-0.1, -0.05) is 23.4 Å². The Balaban J connectivity index is 1.63. The molecule has 0 saturated carbocycles. The quantitative estimate of drug-likeness (QED) is 0.663. The van der Waals surface area contributed by atoms with Crippen LogP contribution in [0.25, 0.3) is 22.0 Å². The van der Waals surface area contributed by atoms with Crippen molar-refractivity contribution in [2.75, 3.05) is 6.54 Å². The fourth-order valence-electron chi connectivity index (χ4n) is 2.95. The van der Waals surface area contributed by atoms with Gasteiger partial charge in [0.1, 0.15) is 24.2 Å². The van der Waals surface area contributed by atoms with E-state index < -0.39 is 6.36 Å². The highest BCUT2D eigenvalue weighted by Crippen LogP contribution is 2.27. The summed E-state index contributed by atoms with van der Waals surface area (Å²) in [6.07, 6.45) is -3.15. The summed E-state index contributed by atoms with van der Waals surface area (Å²) in [6.45, 7) is 2.58. The first-order valence-electron chi connectivity index (χ1n) is 8.60. The summed E-state index contributed by atoms with van der Waals surface area (Å²) >= 11 is 0. The number of halogens is 3. The maximum Gasteiger partial charge on any atom is 0.573 e. The summed E-state index contributed by atoms with van der Waals surface area (Å²) in [4.78, 5) is 18.1. The largest absolute Gasteiger partial charge is 0.573 e. The maximum atomic E-state index is 12.8. The molecule has 4 rings (SSSR count). The minimum atomic E-state index is -4.75. The molecule has 150 valence electrons. The van der Waals surface area contributed by atoms with E-state index in [0.29, 0.717) is 28.6 Å². The molecule has 0 amide bonds. The molecule has 29 heavy (non-hydrogen) atoms. The number of benzene rings is 2. The molecule has 0 N–H and O–H groups in total. The van der Waals surface area contributed by atoms with Crippen molar-refractivity contribution in [3.05, 3.63) is 64.7 Å². The number of hydrogen-bond donors (Lipinski definition) is 0. The third kappa shape index (κ3) is 4.21. The van der Waals surface area contributed by atoms with Gasteiger partial charge in [0.25, 0.3) is 5.56 Å². The first-order valence-corrected chi connectivity index (χ1v) is 8.60. The number of ether oxygens (including phenoxy) is 1. The van der Waals surface area contributed by atoms with E-state index in [4.69, 9.17) is 4.84 Å². The van der Waals surface area contributed by atoms with Crippen LogP contribution in [0.5, 0.6) is 5.75 Å². The summed E-state index contributed by atoms with van der Waals surface area (Å²) < 4.78 is 42.0. The van der Waals surface area contributed by atoms with E-state index in [1.54, 1.807) is 29.5 Å². The number of hydroxylamine groups is 2. The molecular formula is C19H15F3N4O3. The monoisotopic (exact) mass is 404 g/mol. The molecule has 0 saturated heterocycles. The lowest BCUT2D eigenvalue weighted by Gasteiger charge is -2.14. The topological polar surface area (TPSA) is 69.5 Å². The van der Waals surface area contributed by atoms with Crippen molar-refractivity contribution >= 4 is 10.9 Å². The Hall–Kier alpha value is -3.40. The van der Waals surface area contributed by atoms with E-state index in [-0.39, 0.29) is 18.0 Å². The molecule has 0 aliphatic carbocycles. The Morgan fingerprint density at radius 2 is 1.86 bits per heavy atom. The van der Waals surface area contributed by atoms with Crippen LogP contribution in [0.15, 0.2) is 59.1 Å². The van der Waals surface area contributed by atoms with Gasteiger partial charge in [0.2, 0.25) is 0 Å². The maximum absolute atomic E-state index is 12.8. The summed E-state index contributed by atoms with van der Waals surface area (Å²) in [5, 5.41) is 9.90. The molecule has 0 atom stereocenters. The van der Waals surface area contributed by atoms with Crippen LogP contribution in [0.1, 0.15) is 6.92 Å². The molecule has 0 fully saturated rings. The summed E-state index contributed by atoms with van der Waals surface area (Å²) in [6, 6.07) is 10.4. The Labute approximate surface area is 162 Å². The molecule has 1 aliphatic heterocycles. The predicted octanol–water partition coefficient (Wildman–Crippen LogP) is 3.47. The van der Waals surface area contributed by atoms with Gasteiger partial charge in [0.05, 0.1) is 11.9 Å². The zero-order chi connectivity index (χ0) is 20.6. The van der Waals surface area contributed by atoms with Gasteiger partial charge in [-0.25, -0.2) is 0 Å². The van der Waals surface area contributed by atoms with E-state index in [2.05, 4.69) is 15.0 Å². The van der Waals surface area contributed by atoms with Gasteiger partial charge in [-0.2, -0.15) is 4.68 Å². The number of alkyl halides is 3. The third-order valence-corrected chi connectivity index (χ3v) is 4.26. The van der Waals surface area contributed by atoms with E-state index in [1.807, 2.05) is 6.92 Å². The molecule has 0 unspecified atom stereocenters. The van der Waals surface area contributed by atoms with Crippen LogP contribution in [-0.4, -0.2) is 33.0 Å². The van der Waals surface area contributed by atoms with Crippen LogP contribution >= 0.6 is 0 Å². The molecule has 3 aromatic rings. The summed E-state index contributed by atoms with van der Waals surface area (Å²) in [5.74, 6) is -0.315. The van der Waals surface area contributed by atoms with Gasteiger partial charge in [0, 0.05) is 0 Å². The van der Waals surface area contributed by atoms with E-state index in [0.717, 1.165) is 5.57 Å². The average molecular weight is 404 g/mol. The van der Waals surface area contributed by atoms with Crippen molar-refractivity contribution in [3.8, 4) is 16.9 Å². The average Bonchev–Trinajstić information content (AvgIpc) is 3.08.